The zero-order valence-corrected chi connectivity index (χ0v) is 12.7. The van der Waals surface area contributed by atoms with Gasteiger partial charge in [-0.2, -0.15) is 0 Å². The van der Waals surface area contributed by atoms with E-state index in [0.29, 0.717) is 0 Å². The summed E-state index contributed by atoms with van der Waals surface area (Å²) in [6, 6.07) is 4.17. The van der Waals surface area contributed by atoms with Gasteiger partial charge in [0.05, 0.1) is 30.7 Å². The molecule has 0 saturated heterocycles. The Kier molecular flexibility index (Phi) is 4.35. The third-order valence-corrected chi connectivity index (χ3v) is 3.61. The van der Waals surface area contributed by atoms with Crippen molar-refractivity contribution in [1.29, 1.82) is 0 Å². The van der Waals surface area contributed by atoms with Crippen molar-refractivity contribution < 1.29 is 4.74 Å². The summed E-state index contributed by atoms with van der Waals surface area (Å²) in [5.74, 6) is 0.909. The molecule has 0 radical (unpaired) electrons. The molecule has 4 heteroatoms. The van der Waals surface area contributed by atoms with E-state index < -0.39 is 0 Å². The molecule has 1 atom stereocenters. The summed E-state index contributed by atoms with van der Waals surface area (Å²) in [7, 11) is 3.62. The monoisotopic (exact) mass is 271 g/mol. The Bertz CT molecular complexity index is 593. The lowest BCUT2D eigenvalue weighted by Gasteiger charge is -2.21. The molecule has 2 aromatic rings. The van der Waals surface area contributed by atoms with Crippen LogP contribution in [0.5, 0.6) is 5.75 Å². The first-order valence-electron chi connectivity index (χ1n) is 6.68. The van der Waals surface area contributed by atoms with Crippen molar-refractivity contribution in [3.05, 3.63) is 52.6 Å². The molecule has 4 nitrogen and oxygen atoms in total. The van der Waals surface area contributed by atoms with E-state index in [4.69, 9.17) is 4.74 Å². The van der Waals surface area contributed by atoms with Crippen LogP contribution in [0.25, 0.3) is 0 Å². The molecule has 0 spiro atoms. The summed E-state index contributed by atoms with van der Waals surface area (Å²) in [4.78, 5) is 8.80. The molecule has 0 fully saturated rings. The third-order valence-electron chi connectivity index (χ3n) is 3.61. The maximum Gasteiger partial charge on any atom is 0.127 e. The van der Waals surface area contributed by atoms with Gasteiger partial charge >= 0.3 is 0 Å². The van der Waals surface area contributed by atoms with Gasteiger partial charge in [0, 0.05) is 11.8 Å². The Hall–Kier alpha value is -1.94. The van der Waals surface area contributed by atoms with E-state index in [1.165, 1.54) is 5.56 Å². The fourth-order valence-electron chi connectivity index (χ4n) is 2.32. The van der Waals surface area contributed by atoms with Gasteiger partial charge in [-0.25, -0.2) is 0 Å². The molecule has 0 aliphatic rings. The lowest BCUT2D eigenvalue weighted by atomic mass is 9.97. The van der Waals surface area contributed by atoms with Crippen LogP contribution >= 0.6 is 0 Å². The van der Waals surface area contributed by atoms with Gasteiger partial charge in [0.2, 0.25) is 0 Å². The van der Waals surface area contributed by atoms with Gasteiger partial charge in [0.15, 0.2) is 0 Å². The molecular formula is C16H21N3O. The zero-order valence-electron chi connectivity index (χ0n) is 12.7. The molecule has 1 aromatic carbocycles. The van der Waals surface area contributed by atoms with Gasteiger partial charge in [-0.3, -0.25) is 9.97 Å². The molecular weight excluding hydrogens is 250 g/mol. The highest BCUT2D eigenvalue weighted by molar-refractivity contribution is 5.48. The Morgan fingerprint density at radius 1 is 1.10 bits per heavy atom. The maximum atomic E-state index is 5.60. The van der Waals surface area contributed by atoms with Crippen LogP contribution in [0.1, 0.15) is 34.1 Å². The maximum absolute atomic E-state index is 5.60. The minimum absolute atomic E-state index is 0.0302. The van der Waals surface area contributed by atoms with Crippen LogP contribution in [0.15, 0.2) is 24.5 Å². The molecule has 1 heterocycles. The van der Waals surface area contributed by atoms with Crippen molar-refractivity contribution in [2.45, 2.75) is 26.8 Å². The number of nitrogens with one attached hydrogen (secondary N) is 1. The Labute approximate surface area is 120 Å². The lowest BCUT2D eigenvalue weighted by Crippen LogP contribution is -2.20. The van der Waals surface area contributed by atoms with Crippen molar-refractivity contribution >= 4 is 0 Å². The normalized spacial score (nSPS) is 12.2. The molecule has 0 bridgehead atoms. The van der Waals surface area contributed by atoms with E-state index in [-0.39, 0.29) is 6.04 Å². The lowest BCUT2D eigenvalue weighted by molar-refractivity contribution is 0.401. The molecule has 0 saturated carbocycles. The predicted octanol–water partition coefficient (Wildman–Crippen LogP) is 2.72. The highest BCUT2D eigenvalue weighted by Crippen LogP contribution is 2.33. The second-order valence-electron chi connectivity index (χ2n) is 4.93. The fraction of sp³-hybridized carbons (Fsp3) is 0.375. The first-order valence-corrected chi connectivity index (χ1v) is 6.68. The first-order chi connectivity index (χ1) is 9.58. The summed E-state index contributed by atoms with van der Waals surface area (Å²) in [5.41, 5.74) is 5.26. The molecule has 20 heavy (non-hydrogen) atoms. The number of ether oxygens (including phenoxy) is 1. The van der Waals surface area contributed by atoms with Crippen LogP contribution in [-0.2, 0) is 0 Å². The van der Waals surface area contributed by atoms with Crippen LogP contribution in [0, 0.1) is 20.8 Å². The van der Waals surface area contributed by atoms with Crippen LogP contribution < -0.4 is 10.1 Å². The molecule has 1 unspecified atom stereocenters. The number of methoxy groups -OCH3 is 1. The fourth-order valence-corrected chi connectivity index (χ4v) is 2.32. The smallest absolute Gasteiger partial charge is 0.127 e. The second-order valence-corrected chi connectivity index (χ2v) is 4.93. The number of nitrogens with zero attached hydrogens (tertiary/aromatic N) is 2. The Morgan fingerprint density at radius 3 is 2.40 bits per heavy atom. The molecule has 1 aromatic heterocycles. The molecule has 106 valence electrons. The number of rotatable bonds is 4. The van der Waals surface area contributed by atoms with E-state index in [1.807, 2.05) is 20.2 Å². The van der Waals surface area contributed by atoms with Gasteiger partial charge in [-0.15, -0.1) is 0 Å². The van der Waals surface area contributed by atoms with Crippen molar-refractivity contribution in [1.82, 2.24) is 15.3 Å². The van der Waals surface area contributed by atoms with Crippen molar-refractivity contribution in [2.75, 3.05) is 14.2 Å². The van der Waals surface area contributed by atoms with Gasteiger partial charge in [0.25, 0.3) is 0 Å². The van der Waals surface area contributed by atoms with E-state index >= 15 is 0 Å². The topological polar surface area (TPSA) is 47.0 Å². The van der Waals surface area contributed by atoms with Crippen LogP contribution in [0.3, 0.4) is 0 Å². The van der Waals surface area contributed by atoms with Gasteiger partial charge in [0.1, 0.15) is 5.75 Å². The number of hydrogen-bond donors (Lipinski definition) is 1. The number of aromatic nitrogens is 2. The highest BCUT2D eigenvalue weighted by Gasteiger charge is 2.20. The molecule has 0 amide bonds. The molecule has 0 aliphatic carbocycles. The van der Waals surface area contributed by atoms with Crippen LogP contribution in [-0.4, -0.2) is 24.1 Å². The standard InChI is InChI=1S/C16H21N3O/c1-10-6-7-13(16(20-5)12(10)3)15(17-4)14-9-18-11(2)8-19-14/h6-9,15,17H,1-5H3. The Morgan fingerprint density at radius 2 is 1.85 bits per heavy atom. The van der Waals surface area contributed by atoms with Crippen LogP contribution in [0.4, 0.5) is 0 Å². The zero-order chi connectivity index (χ0) is 14.7. The SMILES string of the molecule is CNC(c1cnc(C)cn1)c1ccc(C)c(C)c1OC. The van der Waals surface area contributed by atoms with E-state index in [9.17, 15) is 0 Å². The van der Waals surface area contributed by atoms with E-state index in [0.717, 1.165) is 28.3 Å². The molecule has 1 N–H and O–H groups in total. The quantitative estimate of drug-likeness (QED) is 0.929. The minimum atomic E-state index is -0.0302. The van der Waals surface area contributed by atoms with Crippen LogP contribution in [0.2, 0.25) is 0 Å². The number of hydrogen-bond acceptors (Lipinski definition) is 4. The van der Waals surface area contributed by atoms with Crippen molar-refractivity contribution in [3.63, 3.8) is 0 Å². The number of aryl methyl sites for hydroxylation is 2. The average Bonchev–Trinajstić information content (AvgIpc) is 2.45. The summed E-state index contributed by atoms with van der Waals surface area (Å²) in [6.07, 6.45) is 3.60. The van der Waals surface area contributed by atoms with Gasteiger partial charge in [-0.05, 0) is 38.9 Å². The molecule has 2 rings (SSSR count). The minimum Gasteiger partial charge on any atom is -0.496 e. The third kappa shape index (κ3) is 2.65. The first kappa shape index (κ1) is 14.5. The molecule has 0 aliphatic heterocycles. The highest BCUT2D eigenvalue weighted by atomic mass is 16.5. The van der Waals surface area contributed by atoms with Gasteiger partial charge < -0.3 is 10.1 Å². The van der Waals surface area contributed by atoms with Crippen molar-refractivity contribution in [3.8, 4) is 5.75 Å². The number of benzene rings is 1. The summed E-state index contributed by atoms with van der Waals surface area (Å²) >= 11 is 0. The largest absolute Gasteiger partial charge is 0.496 e. The van der Waals surface area contributed by atoms with Crippen molar-refractivity contribution in [2.24, 2.45) is 0 Å². The van der Waals surface area contributed by atoms with Gasteiger partial charge in [-0.1, -0.05) is 12.1 Å². The summed E-state index contributed by atoms with van der Waals surface area (Å²) in [5, 5.41) is 3.29. The van der Waals surface area contributed by atoms with E-state index in [1.54, 1.807) is 13.3 Å². The summed E-state index contributed by atoms with van der Waals surface area (Å²) < 4.78 is 5.60. The second kappa shape index (κ2) is 6.01. The average molecular weight is 271 g/mol. The van der Waals surface area contributed by atoms with E-state index in [2.05, 4.69) is 41.3 Å². The predicted molar refractivity (Wildman–Crippen MR) is 80.1 cm³/mol. The Balaban J connectivity index is 2.52. The summed E-state index contributed by atoms with van der Waals surface area (Å²) in [6.45, 7) is 6.09.